The number of halogens is 1. The van der Waals surface area contributed by atoms with Gasteiger partial charge in [-0.2, -0.15) is 0 Å². The molecule has 2 atom stereocenters. The van der Waals surface area contributed by atoms with E-state index in [4.69, 9.17) is 4.74 Å². The molecule has 0 aliphatic carbocycles. The Bertz CT molecular complexity index is 665. The minimum absolute atomic E-state index is 0.0736. The molecule has 0 spiro atoms. The second-order valence-corrected chi connectivity index (χ2v) is 7.97. The van der Waals surface area contributed by atoms with Crippen molar-refractivity contribution in [3.63, 3.8) is 0 Å². The van der Waals surface area contributed by atoms with E-state index in [1.54, 1.807) is 0 Å². The summed E-state index contributed by atoms with van der Waals surface area (Å²) >= 11 is 3.60. The number of ether oxygens (including phenoxy) is 1. The fourth-order valence-electron chi connectivity index (χ4n) is 2.73. The van der Waals surface area contributed by atoms with Crippen LogP contribution >= 0.6 is 15.9 Å². The van der Waals surface area contributed by atoms with Crippen molar-refractivity contribution in [1.82, 2.24) is 4.90 Å². The van der Waals surface area contributed by atoms with E-state index in [2.05, 4.69) is 26.9 Å². The predicted octanol–water partition coefficient (Wildman–Crippen LogP) is 3.63. The molecule has 0 bridgehead atoms. The van der Waals surface area contributed by atoms with E-state index in [1.165, 1.54) is 5.56 Å². The van der Waals surface area contributed by atoms with Crippen molar-refractivity contribution in [2.45, 2.75) is 11.0 Å². The number of hydrogen-bond donors (Lipinski definition) is 0. The van der Waals surface area contributed by atoms with E-state index < -0.39 is 10.8 Å². The topological polar surface area (TPSA) is 29.5 Å². The molecule has 0 radical (unpaired) electrons. The lowest BCUT2D eigenvalue weighted by molar-refractivity contribution is -0.0282. The van der Waals surface area contributed by atoms with Crippen LogP contribution in [0.2, 0.25) is 0 Å². The molecular weight excluding hydrogens is 374 g/mol. The van der Waals surface area contributed by atoms with Gasteiger partial charge in [-0.1, -0.05) is 52.3 Å². The van der Waals surface area contributed by atoms with Crippen molar-refractivity contribution >= 4 is 26.7 Å². The van der Waals surface area contributed by atoms with E-state index >= 15 is 0 Å². The molecule has 1 aliphatic rings. The molecule has 3 rings (SSSR count). The molecule has 1 fully saturated rings. The van der Waals surface area contributed by atoms with Gasteiger partial charge < -0.3 is 4.74 Å². The number of benzene rings is 2. The van der Waals surface area contributed by atoms with Crippen molar-refractivity contribution in [1.29, 1.82) is 0 Å². The smallest absolute Gasteiger partial charge is 0.0963 e. The maximum absolute atomic E-state index is 12.3. The monoisotopic (exact) mass is 393 g/mol. The van der Waals surface area contributed by atoms with Crippen LogP contribution in [0.4, 0.5) is 0 Å². The molecule has 3 nitrogen and oxygen atoms in total. The Balaban J connectivity index is 1.57. The van der Waals surface area contributed by atoms with Gasteiger partial charge in [-0.3, -0.25) is 9.11 Å². The first kappa shape index (κ1) is 16.8. The summed E-state index contributed by atoms with van der Waals surface area (Å²) in [7, 11) is -0.937. The zero-order valence-electron chi connectivity index (χ0n) is 12.9. The summed E-state index contributed by atoms with van der Waals surface area (Å²) in [5.41, 5.74) is 1.18. The van der Waals surface area contributed by atoms with Gasteiger partial charge in [-0.15, -0.1) is 0 Å². The van der Waals surface area contributed by atoms with Gasteiger partial charge >= 0.3 is 0 Å². The van der Waals surface area contributed by atoms with Crippen molar-refractivity contribution in [3.05, 3.63) is 64.6 Å². The van der Waals surface area contributed by atoms with Crippen LogP contribution in [0.5, 0.6) is 0 Å². The molecule has 1 heterocycles. The van der Waals surface area contributed by atoms with Gasteiger partial charge in [0.05, 0.1) is 23.5 Å². The summed E-state index contributed by atoms with van der Waals surface area (Å²) in [6.07, 6.45) is 0.0736. The number of nitrogens with zero attached hydrogens (tertiary/aromatic N) is 1. The van der Waals surface area contributed by atoms with Gasteiger partial charge in [0.25, 0.3) is 0 Å². The van der Waals surface area contributed by atoms with Crippen LogP contribution in [0.25, 0.3) is 0 Å². The lowest BCUT2D eigenvalue weighted by Gasteiger charge is -2.33. The minimum Gasteiger partial charge on any atom is -0.371 e. The van der Waals surface area contributed by atoms with Crippen molar-refractivity contribution in [2.24, 2.45) is 0 Å². The third kappa shape index (κ3) is 4.51. The Morgan fingerprint density at radius 2 is 1.87 bits per heavy atom. The number of morpholine rings is 1. The maximum Gasteiger partial charge on any atom is 0.0963 e. The third-order valence-electron chi connectivity index (χ3n) is 4.00. The molecule has 2 unspecified atom stereocenters. The third-order valence-corrected chi connectivity index (χ3v) is 6.08. The second-order valence-electron chi connectivity index (χ2n) is 5.54. The summed E-state index contributed by atoms with van der Waals surface area (Å²) in [6.45, 7) is 3.28. The van der Waals surface area contributed by atoms with E-state index in [1.807, 2.05) is 48.5 Å². The average molecular weight is 394 g/mol. The first-order chi connectivity index (χ1) is 11.2. The van der Waals surface area contributed by atoms with Crippen LogP contribution in [0, 0.1) is 0 Å². The van der Waals surface area contributed by atoms with E-state index in [0.29, 0.717) is 12.4 Å². The molecule has 1 saturated heterocycles. The highest BCUT2D eigenvalue weighted by Crippen LogP contribution is 2.28. The molecule has 5 heteroatoms. The van der Waals surface area contributed by atoms with Crippen LogP contribution in [0.15, 0.2) is 64.0 Å². The fourth-order valence-corrected chi connectivity index (χ4v) is 4.39. The van der Waals surface area contributed by atoms with Crippen LogP contribution in [-0.2, 0) is 15.5 Å². The molecule has 0 N–H and O–H groups in total. The molecule has 2 aromatic carbocycles. The molecular formula is C18H20BrNO2S. The zero-order chi connectivity index (χ0) is 16.1. The SMILES string of the molecule is O=S(CCN1CCOC(c2ccccc2Br)C1)c1ccccc1. The van der Waals surface area contributed by atoms with Crippen LogP contribution in [-0.4, -0.2) is 41.1 Å². The zero-order valence-corrected chi connectivity index (χ0v) is 15.3. The maximum atomic E-state index is 12.3. The van der Waals surface area contributed by atoms with Gasteiger partial charge in [0, 0.05) is 34.8 Å². The summed E-state index contributed by atoms with van der Waals surface area (Å²) in [4.78, 5) is 3.25. The lowest BCUT2D eigenvalue weighted by atomic mass is 10.1. The van der Waals surface area contributed by atoms with E-state index in [-0.39, 0.29) is 6.10 Å². The fraction of sp³-hybridized carbons (Fsp3) is 0.333. The highest BCUT2D eigenvalue weighted by Gasteiger charge is 2.23. The summed E-state index contributed by atoms with van der Waals surface area (Å²) in [5, 5.41) is 0. The van der Waals surface area contributed by atoms with Gasteiger partial charge in [0.1, 0.15) is 0 Å². The second kappa shape index (κ2) is 8.20. The van der Waals surface area contributed by atoms with E-state index in [0.717, 1.165) is 29.0 Å². The standard InChI is InChI=1S/C18H20BrNO2S/c19-17-9-5-4-8-16(17)18-14-20(10-12-22-18)11-13-23(21)15-6-2-1-3-7-15/h1-9,18H,10-14H2. The molecule has 0 saturated carbocycles. The van der Waals surface area contributed by atoms with Gasteiger partial charge in [-0.05, 0) is 23.8 Å². The first-order valence-corrected chi connectivity index (χ1v) is 9.87. The quantitative estimate of drug-likeness (QED) is 0.776. The molecule has 2 aromatic rings. The van der Waals surface area contributed by atoms with Gasteiger partial charge in [0.2, 0.25) is 0 Å². The predicted molar refractivity (Wildman–Crippen MR) is 97.0 cm³/mol. The number of hydrogen-bond acceptors (Lipinski definition) is 3. The van der Waals surface area contributed by atoms with Gasteiger partial charge in [-0.25, -0.2) is 0 Å². The Labute approximate surface area is 148 Å². The Morgan fingerprint density at radius 1 is 1.13 bits per heavy atom. The van der Waals surface area contributed by atoms with Crippen LogP contribution < -0.4 is 0 Å². The Kier molecular flexibility index (Phi) is 6.00. The average Bonchev–Trinajstić information content (AvgIpc) is 2.61. The molecule has 23 heavy (non-hydrogen) atoms. The van der Waals surface area contributed by atoms with Crippen molar-refractivity contribution < 1.29 is 8.95 Å². The highest BCUT2D eigenvalue weighted by molar-refractivity contribution is 9.10. The molecule has 0 amide bonds. The molecule has 1 aliphatic heterocycles. The summed E-state index contributed by atoms with van der Waals surface area (Å²) in [5.74, 6) is 0.659. The normalized spacial score (nSPS) is 20.3. The van der Waals surface area contributed by atoms with Crippen molar-refractivity contribution in [2.75, 3.05) is 32.0 Å². The minimum atomic E-state index is -0.937. The largest absolute Gasteiger partial charge is 0.371 e. The van der Waals surface area contributed by atoms with Gasteiger partial charge in [0.15, 0.2) is 0 Å². The first-order valence-electron chi connectivity index (χ1n) is 7.76. The Hall–Kier alpha value is -1.01. The highest BCUT2D eigenvalue weighted by atomic mass is 79.9. The molecule has 0 aromatic heterocycles. The van der Waals surface area contributed by atoms with Crippen LogP contribution in [0.3, 0.4) is 0 Å². The lowest BCUT2D eigenvalue weighted by Crippen LogP contribution is -2.40. The van der Waals surface area contributed by atoms with Crippen LogP contribution in [0.1, 0.15) is 11.7 Å². The summed E-state index contributed by atoms with van der Waals surface area (Å²) in [6, 6.07) is 17.9. The Morgan fingerprint density at radius 3 is 2.65 bits per heavy atom. The molecule has 122 valence electrons. The summed E-state index contributed by atoms with van der Waals surface area (Å²) < 4.78 is 19.3. The number of rotatable bonds is 5. The van der Waals surface area contributed by atoms with E-state index in [9.17, 15) is 4.21 Å². The van der Waals surface area contributed by atoms with Crippen molar-refractivity contribution in [3.8, 4) is 0 Å².